The van der Waals surface area contributed by atoms with Crippen molar-refractivity contribution in [1.29, 1.82) is 10.8 Å². The molecule has 0 saturated carbocycles. The number of benzene rings is 3. The Bertz CT molecular complexity index is 1920. The average molecular weight is 628 g/mol. The number of aromatic nitrogens is 1. The molecule has 4 aromatic rings. The monoisotopic (exact) mass is 627 g/mol. The molecular weight excluding hydrogens is 590 g/mol. The Kier molecular flexibility index (Phi) is 9.93. The third-order valence-corrected chi connectivity index (χ3v) is 7.70. The van der Waals surface area contributed by atoms with Gasteiger partial charge in [-0.15, -0.1) is 0 Å². The summed E-state index contributed by atoms with van der Waals surface area (Å²) in [7, 11) is 0. The molecule has 0 spiro atoms. The van der Waals surface area contributed by atoms with Gasteiger partial charge in [0, 0.05) is 61.0 Å². The van der Waals surface area contributed by atoms with Crippen molar-refractivity contribution in [2.75, 3.05) is 26.2 Å². The third-order valence-electron chi connectivity index (χ3n) is 7.70. The molecule has 9 nitrogen and oxygen atoms in total. The van der Waals surface area contributed by atoms with E-state index in [1.807, 2.05) is 53.4 Å². The summed E-state index contributed by atoms with van der Waals surface area (Å²) in [6.45, 7) is 8.78. The van der Waals surface area contributed by atoms with Crippen LogP contribution in [0.4, 0.5) is 0 Å². The second-order valence-electron chi connectivity index (χ2n) is 12.3. The first-order valence-corrected chi connectivity index (χ1v) is 15.3. The van der Waals surface area contributed by atoms with E-state index in [0.717, 1.165) is 47.3 Å². The van der Waals surface area contributed by atoms with E-state index >= 15 is 0 Å². The number of carbonyl (C=O) groups is 2. The zero-order valence-corrected chi connectivity index (χ0v) is 26.7. The van der Waals surface area contributed by atoms with Crippen LogP contribution in [0.5, 0.6) is 5.75 Å². The van der Waals surface area contributed by atoms with Gasteiger partial charge in [-0.1, -0.05) is 54.3 Å². The van der Waals surface area contributed by atoms with Crippen molar-refractivity contribution in [2.45, 2.75) is 32.9 Å². The second kappa shape index (κ2) is 14.2. The van der Waals surface area contributed by atoms with Crippen LogP contribution in [0.3, 0.4) is 0 Å². The van der Waals surface area contributed by atoms with Crippen LogP contribution in [-0.2, 0) is 16.1 Å². The highest BCUT2D eigenvalue weighted by molar-refractivity contribution is 6.40. The van der Waals surface area contributed by atoms with Crippen molar-refractivity contribution in [2.24, 2.45) is 0 Å². The Morgan fingerprint density at radius 2 is 1.66 bits per heavy atom. The number of aromatic hydroxyl groups is 1. The van der Waals surface area contributed by atoms with E-state index < -0.39 is 11.6 Å². The number of ether oxygens (including phenoxy) is 1. The molecule has 1 fully saturated rings. The maximum atomic E-state index is 12.0. The number of aldehydes is 1. The topological polar surface area (TPSA) is 131 Å². The molecule has 47 heavy (non-hydrogen) atoms. The Balaban J connectivity index is 1.21. The van der Waals surface area contributed by atoms with Crippen LogP contribution < -0.4 is 0 Å². The molecule has 3 aromatic carbocycles. The molecule has 3 N–H and O–H groups in total. The highest BCUT2D eigenvalue weighted by atomic mass is 16.6. The predicted octanol–water partition coefficient (Wildman–Crippen LogP) is 5.83. The van der Waals surface area contributed by atoms with E-state index in [0.29, 0.717) is 30.5 Å². The number of amidine groups is 1. The molecule has 0 amide bonds. The van der Waals surface area contributed by atoms with Crippen molar-refractivity contribution in [3.05, 3.63) is 107 Å². The lowest BCUT2D eigenvalue weighted by molar-refractivity contribution is -0.146. The molecule has 1 aliphatic rings. The summed E-state index contributed by atoms with van der Waals surface area (Å²) in [6.07, 6.45) is 5.16. The predicted molar refractivity (Wildman–Crippen MR) is 184 cm³/mol. The Morgan fingerprint density at radius 1 is 0.957 bits per heavy atom. The molecule has 1 aliphatic heterocycles. The molecule has 238 valence electrons. The largest absolute Gasteiger partial charge is 0.507 e. The second-order valence-corrected chi connectivity index (χ2v) is 12.3. The fourth-order valence-corrected chi connectivity index (χ4v) is 5.29. The van der Waals surface area contributed by atoms with Gasteiger partial charge in [0.2, 0.25) is 0 Å². The molecule has 0 aliphatic carbocycles. The number of phenolic OH excluding ortho intramolecular Hbond substituents is 1. The Morgan fingerprint density at radius 3 is 2.34 bits per heavy atom. The average Bonchev–Trinajstić information content (AvgIpc) is 3.07. The summed E-state index contributed by atoms with van der Waals surface area (Å²) in [5.41, 5.74) is 3.48. The summed E-state index contributed by atoms with van der Waals surface area (Å²) in [6, 6.07) is 20.9. The summed E-state index contributed by atoms with van der Waals surface area (Å²) < 4.78 is 5.21. The molecule has 1 aromatic heterocycles. The number of hydrogen-bond acceptors (Lipinski definition) is 8. The van der Waals surface area contributed by atoms with E-state index in [-0.39, 0.29) is 22.9 Å². The first-order chi connectivity index (χ1) is 22.5. The van der Waals surface area contributed by atoms with Gasteiger partial charge >= 0.3 is 5.97 Å². The number of rotatable bonds is 7. The van der Waals surface area contributed by atoms with Crippen molar-refractivity contribution in [3.8, 4) is 28.8 Å². The molecule has 0 bridgehead atoms. The standard InChI is InChI=1S/C38H37N5O4/c1-38(2,3)47-37(46)33(39)15-17-35(40)43-20-18-42(19-21-43)24-28-9-5-4-8-27(28)14-12-26-13-16-34(41-23-26)32-22-29(25-44)36(45)31-11-7-6-10-30(31)32/h4-11,13,15-17,22-23,25,39-40,45H,18-21,24H2,1-3H3/b17-15-,39-33?,40-35?. The van der Waals surface area contributed by atoms with Gasteiger partial charge in [0.1, 0.15) is 22.9 Å². The highest BCUT2D eigenvalue weighted by Crippen LogP contribution is 2.35. The zero-order chi connectivity index (χ0) is 33.6. The quantitative estimate of drug-likeness (QED) is 0.0773. The first-order valence-electron chi connectivity index (χ1n) is 15.3. The smallest absolute Gasteiger partial charge is 0.356 e. The van der Waals surface area contributed by atoms with Crippen LogP contribution in [0.2, 0.25) is 0 Å². The van der Waals surface area contributed by atoms with Crippen LogP contribution in [0.15, 0.2) is 85.1 Å². The Hall–Kier alpha value is -5.59. The van der Waals surface area contributed by atoms with Crippen molar-refractivity contribution >= 4 is 34.6 Å². The molecule has 5 rings (SSSR count). The maximum Gasteiger partial charge on any atom is 0.356 e. The van der Waals surface area contributed by atoms with Crippen LogP contribution in [0.25, 0.3) is 22.0 Å². The fourth-order valence-electron chi connectivity index (χ4n) is 5.29. The molecule has 1 saturated heterocycles. The first kappa shape index (κ1) is 32.8. The molecular formula is C38H37N5O4. The number of esters is 1. The molecule has 0 radical (unpaired) electrons. The van der Waals surface area contributed by atoms with Gasteiger partial charge in [-0.05, 0) is 68.1 Å². The van der Waals surface area contributed by atoms with Crippen LogP contribution >= 0.6 is 0 Å². The zero-order valence-electron chi connectivity index (χ0n) is 26.7. The van der Waals surface area contributed by atoms with Gasteiger partial charge in [-0.2, -0.15) is 0 Å². The van der Waals surface area contributed by atoms with Crippen molar-refractivity contribution < 1.29 is 19.4 Å². The minimum absolute atomic E-state index is 0.0340. The number of phenols is 1. The number of fused-ring (bicyclic) bond motifs is 1. The van der Waals surface area contributed by atoms with Crippen LogP contribution in [0, 0.1) is 22.7 Å². The lowest BCUT2D eigenvalue weighted by Crippen LogP contribution is -2.47. The maximum absolute atomic E-state index is 12.0. The number of hydrogen-bond donors (Lipinski definition) is 3. The fraction of sp³-hybridized carbons (Fsp3) is 0.237. The number of piperazine rings is 1. The highest BCUT2D eigenvalue weighted by Gasteiger charge is 2.21. The summed E-state index contributed by atoms with van der Waals surface area (Å²) >= 11 is 0. The van der Waals surface area contributed by atoms with Gasteiger partial charge in [-0.25, -0.2) is 4.79 Å². The van der Waals surface area contributed by atoms with Gasteiger partial charge in [0.05, 0.1) is 11.3 Å². The van der Waals surface area contributed by atoms with Gasteiger partial charge in [-0.3, -0.25) is 25.5 Å². The van der Waals surface area contributed by atoms with Crippen molar-refractivity contribution in [3.63, 3.8) is 0 Å². The summed E-state index contributed by atoms with van der Waals surface area (Å²) in [5, 5.41) is 28.2. The van der Waals surface area contributed by atoms with E-state index in [1.54, 1.807) is 39.1 Å². The van der Waals surface area contributed by atoms with Crippen LogP contribution in [0.1, 0.15) is 47.8 Å². The SMILES string of the molecule is CC(C)(C)OC(=O)C(=N)/C=C\C(=N)N1CCN(Cc2ccccc2C#Cc2ccc(-c3cc(C=O)c(O)c4ccccc34)nc2)CC1. The minimum atomic E-state index is -0.710. The number of carbonyl (C=O) groups excluding carboxylic acids is 2. The van der Waals surface area contributed by atoms with Gasteiger partial charge < -0.3 is 14.7 Å². The number of pyridine rings is 1. The molecule has 0 atom stereocenters. The number of nitrogens with zero attached hydrogens (tertiary/aromatic N) is 3. The Labute approximate surface area is 274 Å². The molecule has 0 unspecified atom stereocenters. The van der Waals surface area contributed by atoms with E-state index in [2.05, 4.69) is 27.8 Å². The van der Waals surface area contributed by atoms with Gasteiger partial charge in [0.15, 0.2) is 6.29 Å². The third kappa shape index (κ3) is 8.17. The molecule has 2 heterocycles. The lowest BCUT2D eigenvalue weighted by atomic mass is 9.97. The number of nitrogens with one attached hydrogen (secondary N) is 2. The van der Waals surface area contributed by atoms with E-state index in [4.69, 9.17) is 15.6 Å². The van der Waals surface area contributed by atoms with Gasteiger partial charge in [0.25, 0.3) is 0 Å². The van der Waals surface area contributed by atoms with E-state index in [1.165, 1.54) is 12.2 Å². The van der Waals surface area contributed by atoms with Crippen LogP contribution in [-0.4, -0.2) is 75.5 Å². The summed E-state index contributed by atoms with van der Waals surface area (Å²) in [5.74, 6) is 6.05. The molecule has 9 heteroatoms. The normalized spacial score (nSPS) is 13.6. The minimum Gasteiger partial charge on any atom is -0.507 e. The van der Waals surface area contributed by atoms with E-state index in [9.17, 15) is 14.7 Å². The summed E-state index contributed by atoms with van der Waals surface area (Å²) in [4.78, 5) is 32.5. The lowest BCUT2D eigenvalue weighted by Gasteiger charge is -2.35. The van der Waals surface area contributed by atoms with Crippen molar-refractivity contribution in [1.82, 2.24) is 14.8 Å².